The summed E-state index contributed by atoms with van der Waals surface area (Å²) in [4.78, 5) is 29.1. The summed E-state index contributed by atoms with van der Waals surface area (Å²) < 4.78 is 16.2. The number of carbonyl (C=O) groups is 2. The van der Waals surface area contributed by atoms with Gasteiger partial charge in [-0.05, 0) is 59.5 Å². The van der Waals surface area contributed by atoms with E-state index >= 15 is 0 Å². The number of cyclic esters (lactones) is 1. The number of hydrogen-bond acceptors (Lipinski definition) is 6. The van der Waals surface area contributed by atoms with Crippen molar-refractivity contribution in [3.05, 3.63) is 101 Å². The first-order valence-electron chi connectivity index (χ1n) is 10.5. The summed E-state index contributed by atoms with van der Waals surface area (Å²) in [7, 11) is 1.48. The highest BCUT2D eigenvalue weighted by Gasteiger charge is 2.24. The van der Waals surface area contributed by atoms with Gasteiger partial charge in [-0.1, -0.05) is 50.2 Å². The average Bonchev–Trinajstić information content (AvgIpc) is 3.20. The van der Waals surface area contributed by atoms with Gasteiger partial charge in [0.1, 0.15) is 0 Å². The molecule has 166 valence electrons. The maximum absolute atomic E-state index is 12.6. The van der Waals surface area contributed by atoms with E-state index in [1.165, 1.54) is 7.11 Å². The number of ether oxygens (including phenoxy) is 3. The fraction of sp³-hybridized carbons (Fsp3) is 0.148. The SMILES string of the molecule is COc1cc(/C=C2/N=C(c3ccccc3)OC2=O)ccc1OC(=O)c1ccc(C(C)C)cc1. The predicted molar refractivity (Wildman–Crippen MR) is 126 cm³/mol. The first-order chi connectivity index (χ1) is 15.9. The van der Waals surface area contributed by atoms with Gasteiger partial charge in [-0.25, -0.2) is 14.6 Å². The molecule has 1 aliphatic rings. The topological polar surface area (TPSA) is 74.2 Å². The van der Waals surface area contributed by atoms with Gasteiger partial charge in [-0.2, -0.15) is 0 Å². The number of hydrogen-bond donors (Lipinski definition) is 0. The molecular weight excluding hydrogens is 418 g/mol. The second-order valence-corrected chi connectivity index (χ2v) is 7.78. The molecule has 0 saturated heterocycles. The lowest BCUT2D eigenvalue weighted by Gasteiger charge is -2.11. The monoisotopic (exact) mass is 441 g/mol. The molecule has 3 aromatic carbocycles. The van der Waals surface area contributed by atoms with Gasteiger partial charge in [0, 0.05) is 5.56 Å². The number of benzene rings is 3. The Bertz CT molecular complexity index is 1240. The third-order valence-electron chi connectivity index (χ3n) is 5.15. The summed E-state index contributed by atoms with van der Waals surface area (Å²) in [6.45, 7) is 4.18. The summed E-state index contributed by atoms with van der Waals surface area (Å²) in [5.41, 5.74) is 3.13. The second-order valence-electron chi connectivity index (χ2n) is 7.78. The Kier molecular flexibility index (Phi) is 6.36. The second kappa shape index (κ2) is 9.53. The van der Waals surface area contributed by atoms with E-state index < -0.39 is 11.9 Å². The third kappa shape index (κ3) is 5.01. The van der Waals surface area contributed by atoms with Crippen LogP contribution in [-0.2, 0) is 9.53 Å². The number of nitrogens with zero attached hydrogens (tertiary/aromatic N) is 1. The van der Waals surface area contributed by atoms with Crippen molar-refractivity contribution in [1.82, 2.24) is 0 Å². The molecule has 0 N–H and O–H groups in total. The third-order valence-corrected chi connectivity index (χ3v) is 5.15. The van der Waals surface area contributed by atoms with Crippen molar-refractivity contribution < 1.29 is 23.8 Å². The van der Waals surface area contributed by atoms with E-state index in [9.17, 15) is 9.59 Å². The number of esters is 2. The molecule has 0 radical (unpaired) electrons. The number of carbonyl (C=O) groups excluding carboxylic acids is 2. The summed E-state index contributed by atoms with van der Waals surface area (Å²) >= 11 is 0. The van der Waals surface area contributed by atoms with Crippen LogP contribution >= 0.6 is 0 Å². The summed E-state index contributed by atoms with van der Waals surface area (Å²) in [5.74, 6) is 0.254. The van der Waals surface area contributed by atoms with Crippen LogP contribution in [0.15, 0.2) is 83.5 Å². The molecule has 1 aliphatic heterocycles. The minimum atomic E-state index is -0.534. The van der Waals surface area contributed by atoms with E-state index in [0.29, 0.717) is 22.8 Å². The molecule has 6 nitrogen and oxygen atoms in total. The molecule has 0 unspecified atom stereocenters. The van der Waals surface area contributed by atoms with Crippen molar-refractivity contribution in [1.29, 1.82) is 0 Å². The highest BCUT2D eigenvalue weighted by molar-refractivity contribution is 6.12. The quantitative estimate of drug-likeness (QED) is 0.292. The molecule has 4 rings (SSSR count). The molecule has 1 heterocycles. The molecule has 0 saturated carbocycles. The average molecular weight is 441 g/mol. The molecule has 3 aromatic rings. The number of rotatable bonds is 6. The summed E-state index contributed by atoms with van der Waals surface area (Å²) in [5, 5.41) is 0. The van der Waals surface area contributed by atoms with E-state index in [0.717, 1.165) is 11.1 Å². The van der Waals surface area contributed by atoms with Crippen LogP contribution in [0, 0.1) is 0 Å². The lowest BCUT2D eigenvalue weighted by Crippen LogP contribution is -2.09. The van der Waals surface area contributed by atoms with Crippen molar-refractivity contribution in [2.24, 2.45) is 4.99 Å². The van der Waals surface area contributed by atoms with Gasteiger partial charge in [0.05, 0.1) is 12.7 Å². The van der Waals surface area contributed by atoms with Crippen LogP contribution in [0.3, 0.4) is 0 Å². The smallest absolute Gasteiger partial charge is 0.363 e. The minimum Gasteiger partial charge on any atom is -0.493 e. The maximum atomic E-state index is 12.6. The van der Waals surface area contributed by atoms with Crippen molar-refractivity contribution in [2.75, 3.05) is 7.11 Å². The van der Waals surface area contributed by atoms with Crippen molar-refractivity contribution in [3.8, 4) is 11.5 Å². The first-order valence-corrected chi connectivity index (χ1v) is 10.5. The van der Waals surface area contributed by atoms with Crippen LogP contribution in [0.2, 0.25) is 0 Å². The molecule has 0 fully saturated rings. The van der Waals surface area contributed by atoms with Crippen LogP contribution in [0.1, 0.15) is 46.8 Å². The Balaban J connectivity index is 1.54. The Hall–Kier alpha value is -4.19. The zero-order valence-electron chi connectivity index (χ0n) is 18.6. The van der Waals surface area contributed by atoms with Gasteiger partial charge < -0.3 is 14.2 Å². The first kappa shape index (κ1) is 22.0. The van der Waals surface area contributed by atoms with E-state index in [4.69, 9.17) is 14.2 Å². The van der Waals surface area contributed by atoms with Crippen LogP contribution in [-0.4, -0.2) is 24.9 Å². The fourth-order valence-electron chi connectivity index (χ4n) is 3.29. The molecule has 0 atom stereocenters. The molecule has 0 bridgehead atoms. The zero-order chi connectivity index (χ0) is 23.4. The highest BCUT2D eigenvalue weighted by Crippen LogP contribution is 2.30. The molecular formula is C27H23NO5. The number of methoxy groups -OCH3 is 1. The highest BCUT2D eigenvalue weighted by atomic mass is 16.6. The Morgan fingerprint density at radius 1 is 0.970 bits per heavy atom. The van der Waals surface area contributed by atoms with Crippen LogP contribution in [0.5, 0.6) is 11.5 Å². The van der Waals surface area contributed by atoms with Crippen LogP contribution in [0.25, 0.3) is 6.08 Å². The minimum absolute atomic E-state index is 0.172. The van der Waals surface area contributed by atoms with Gasteiger partial charge in [0.25, 0.3) is 0 Å². The van der Waals surface area contributed by atoms with E-state index in [1.807, 2.05) is 42.5 Å². The van der Waals surface area contributed by atoms with Crippen LogP contribution < -0.4 is 9.47 Å². The molecule has 6 heteroatoms. The van der Waals surface area contributed by atoms with Gasteiger partial charge in [-0.15, -0.1) is 0 Å². The van der Waals surface area contributed by atoms with E-state index in [-0.39, 0.29) is 17.3 Å². The van der Waals surface area contributed by atoms with Gasteiger partial charge in [0.15, 0.2) is 17.2 Å². The normalized spacial score (nSPS) is 14.2. The maximum Gasteiger partial charge on any atom is 0.363 e. The molecule has 0 amide bonds. The van der Waals surface area contributed by atoms with Gasteiger partial charge in [0.2, 0.25) is 5.90 Å². The standard InChI is InChI=1S/C27H23NO5/c1-17(2)19-10-12-21(13-11-19)26(29)32-23-14-9-18(16-24(23)31-3)15-22-27(30)33-25(28-22)20-7-5-4-6-8-20/h4-17H,1-3H3/b22-15+. The predicted octanol–water partition coefficient (Wildman–Crippen LogP) is 5.38. The Morgan fingerprint density at radius 3 is 2.36 bits per heavy atom. The fourth-order valence-corrected chi connectivity index (χ4v) is 3.29. The molecule has 0 spiro atoms. The molecule has 0 aliphatic carbocycles. The van der Waals surface area contributed by atoms with E-state index in [2.05, 4.69) is 18.8 Å². The van der Waals surface area contributed by atoms with Crippen LogP contribution in [0.4, 0.5) is 0 Å². The van der Waals surface area contributed by atoms with Gasteiger partial charge >= 0.3 is 11.9 Å². The summed E-state index contributed by atoms with van der Waals surface area (Å²) in [6.07, 6.45) is 1.59. The van der Waals surface area contributed by atoms with E-state index in [1.54, 1.807) is 36.4 Å². The zero-order valence-corrected chi connectivity index (χ0v) is 18.6. The number of aliphatic imine (C=N–C) groups is 1. The largest absolute Gasteiger partial charge is 0.493 e. The Morgan fingerprint density at radius 2 is 1.70 bits per heavy atom. The van der Waals surface area contributed by atoms with Crippen molar-refractivity contribution >= 4 is 23.9 Å². The van der Waals surface area contributed by atoms with Crippen molar-refractivity contribution in [2.45, 2.75) is 19.8 Å². The summed E-state index contributed by atoms with van der Waals surface area (Å²) in [6, 6.07) is 21.5. The lowest BCUT2D eigenvalue weighted by atomic mass is 10.0. The molecule has 0 aromatic heterocycles. The molecule has 33 heavy (non-hydrogen) atoms. The lowest BCUT2D eigenvalue weighted by molar-refractivity contribution is -0.129. The Labute approximate surface area is 192 Å². The van der Waals surface area contributed by atoms with Gasteiger partial charge in [-0.3, -0.25) is 0 Å². The van der Waals surface area contributed by atoms with Crippen molar-refractivity contribution in [3.63, 3.8) is 0 Å².